The summed E-state index contributed by atoms with van der Waals surface area (Å²) in [5, 5.41) is 6.39. The van der Waals surface area contributed by atoms with Crippen LogP contribution in [0.3, 0.4) is 0 Å². The quantitative estimate of drug-likeness (QED) is 0.354. The van der Waals surface area contributed by atoms with E-state index in [0.29, 0.717) is 0 Å². The van der Waals surface area contributed by atoms with Gasteiger partial charge in [0.15, 0.2) is 0 Å². The molecule has 0 saturated carbocycles. The third-order valence-corrected chi connectivity index (χ3v) is 0.347. The van der Waals surface area contributed by atoms with E-state index < -0.39 is 0 Å². The van der Waals surface area contributed by atoms with Gasteiger partial charge in [0.1, 0.15) is 11.9 Å². The van der Waals surface area contributed by atoms with Gasteiger partial charge in [-0.2, -0.15) is 0 Å². The molecule has 0 aliphatic rings. The average molecular weight is 93.5 g/mol. The van der Waals surface area contributed by atoms with Gasteiger partial charge in [-0.05, 0) is 0 Å². The summed E-state index contributed by atoms with van der Waals surface area (Å²) in [6.07, 6.45) is 0. The van der Waals surface area contributed by atoms with Gasteiger partial charge < -0.3 is 4.29 Å². The van der Waals surface area contributed by atoms with Gasteiger partial charge in [0.25, 0.3) is 0 Å². The van der Waals surface area contributed by atoms with Crippen molar-refractivity contribution in [1.82, 2.24) is 0 Å². The first-order valence-electron chi connectivity index (χ1n) is 1.11. The highest BCUT2D eigenvalue weighted by Crippen LogP contribution is 1.76. The van der Waals surface area contributed by atoms with Crippen LogP contribution < -0.4 is 0 Å². The lowest BCUT2D eigenvalue weighted by atomic mass is 10.8. The van der Waals surface area contributed by atoms with Gasteiger partial charge in [-0.15, -0.1) is 0 Å². The summed E-state index contributed by atoms with van der Waals surface area (Å²) in [6.45, 7) is 1.45. The van der Waals surface area contributed by atoms with Crippen LogP contribution in [0.1, 0.15) is 6.92 Å². The summed E-state index contributed by atoms with van der Waals surface area (Å²) < 4.78 is 3.81. The summed E-state index contributed by atoms with van der Waals surface area (Å²) in [5.41, 5.74) is 0. The van der Waals surface area contributed by atoms with Gasteiger partial charge in [0.05, 0.1) is 0 Å². The summed E-state index contributed by atoms with van der Waals surface area (Å²) in [6, 6.07) is 0. The van der Waals surface area contributed by atoms with Crippen LogP contribution >= 0.6 is 11.9 Å². The predicted molar refractivity (Wildman–Crippen MR) is 20.3 cm³/mol. The van der Waals surface area contributed by atoms with Crippen molar-refractivity contribution in [2.24, 2.45) is 0 Å². The maximum atomic E-state index is 6.39. The Morgan fingerprint density at radius 1 is 2.00 bits per heavy atom. The van der Waals surface area contributed by atoms with Crippen molar-refractivity contribution in [3.8, 4) is 0 Å². The maximum absolute atomic E-state index is 6.39. The van der Waals surface area contributed by atoms with Crippen LogP contribution in [-0.4, -0.2) is 5.90 Å². The highest BCUT2D eigenvalue weighted by atomic mass is 35.5. The molecule has 30 valence electrons. The standard InChI is InChI=1S/C2H4ClNO/c1-2(4)5-3/h4H,1H3. The minimum atomic E-state index is 0.0201. The molecule has 0 heterocycles. The second kappa shape index (κ2) is 2.03. The Labute approximate surface area is 35.4 Å². The topological polar surface area (TPSA) is 33.1 Å². The van der Waals surface area contributed by atoms with E-state index >= 15 is 0 Å². The summed E-state index contributed by atoms with van der Waals surface area (Å²) >= 11 is 4.61. The molecule has 0 aromatic heterocycles. The molecule has 0 fully saturated rings. The van der Waals surface area contributed by atoms with Crippen LogP contribution in [0, 0.1) is 5.41 Å². The first-order valence-corrected chi connectivity index (χ1v) is 1.42. The highest BCUT2D eigenvalue weighted by Gasteiger charge is 1.72. The van der Waals surface area contributed by atoms with Crippen LogP contribution in [0.4, 0.5) is 0 Å². The monoisotopic (exact) mass is 93.0 g/mol. The van der Waals surface area contributed by atoms with Crippen molar-refractivity contribution in [1.29, 1.82) is 5.41 Å². The molecular formula is C2H4ClNO. The molecule has 1 N–H and O–H groups in total. The first-order chi connectivity index (χ1) is 2.27. The van der Waals surface area contributed by atoms with E-state index in [-0.39, 0.29) is 5.90 Å². The third-order valence-electron chi connectivity index (χ3n) is 0.116. The van der Waals surface area contributed by atoms with Gasteiger partial charge in [-0.25, -0.2) is 0 Å². The molecule has 3 heteroatoms. The lowest BCUT2D eigenvalue weighted by molar-refractivity contribution is 0.605. The van der Waals surface area contributed by atoms with Gasteiger partial charge in [0.2, 0.25) is 5.90 Å². The Morgan fingerprint density at radius 2 is 2.20 bits per heavy atom. The molecule has 0 aliphatic heterocycles. The molecule has 0 radical (unpaired) electrons. The first kappa shape index (κ1) is 4.76. The van der Waals surface area contributed by atoms with Gasteiger partial charge in [-0.3, -0.25) is 5.41 Å². The molecule has 0 aliphatic carbocycles. The van der Waals surface area contributed by atoms with Gasteiger partial charge in [0, 0.05) is 6.92 Å². The summed E-state index contributed by atoms with van der Waals surface area (Å²) in [4.78, 5) is 0. The fourth-order valence-electron chi connectivity index (χ4n) is 0. The second-order valence-corrected chi connectivity index (χ2v) is 0.788. The molecule has 2 nitrogen and oxygen atoms in total. The van der Waals surface area contributed by atoms with E-state index in [9.17, 15) is 0 Å². The minimum absolute atomic E-state index is 0.0201. The SMILES string of the molecule is CC(=N)OCl. The number of hydrogen-bond acceptors (Lipinski definition) is 2. The van der Waals surface area contributed by atoms with Crippen molar-refractivity contribution in [2.75, 3.05) is 0 Å². The molecule has 5 heavy (non-hydrogen) atoms. The van der Waals surface area contributed by atoms with Crippen molar-refractivity contribution in [3.63, 3.8) is 0 Å². The molecular weight excluding hydrogens is 89.5 g/mol. The molecule has 0 atom stereocenters. The number of rotatable bonds is 0. The second-order valence-electron chi connectivity index (χ2n) is 0.633. The largest absolute Gasteiger partial charge is 0.371 e. The molecule has 0 unspecified atom stereocenters. The molecule has 0 amide bonds. The lowest BCUT2D eigenvalue weighted by Gasteiger charge is -1.79. The van der Waals surface area contributed by atoms with E-state index in [0.717, 1.165) is 0 Å². The van der Waals surface area contributed by atoms with Crippen LogP contribution in [0.5, 0.6) is 0 Å². The molecule has 0 aromatic carbocycles. The Bertz CT molecular complexity index is 44.9. The van der Waals surface area contributed by atoms with E-state index in [2.05, 4.69) is 16.2 Å². The van der Waals surface area contributed by atoms with Crippen molar-refractivity contribution in [2.45, 2.75) is 6.92 Å². The molecule has 0 spiro atoms. The molecule has 0 aromatic rings. The van der Waals surface area contributed by atoms with Crippen LogP contribution in [0.25, 0.3) is 0 Å². The van der Waals surface area contributed by atoms with Crippen LogP contribution in [0.15, 0.2) is 0 Å². The van der Waals surface area contributed by atoms with Crippen LogP contribution in [0.2, 0.25) is 0 Å². The Morgan fingerprint density at radius 3 is 2.20 bits per heavy atom. The van der Waals surface area contributed by atoms with E-state index in [4.69, 9.17) is 5.41 Å². The van der Waals surface area contributed by atoms with Crippen molar-refractivity contribution >= 4 is 17.8 Å². The Balaban J connectivity index is 2.85. The normalized spacial score (nSPS) is 6.80. The van der Waals surface area contributed by atoms with Crippen LogP contribution in [-0.2, 0) is 4.29 Å². The van der Waals surface area contributed by atoms with Crippen molar-refractivity contribution in [3.05, 3.63) is 0 Å². The Hall–Kier alpha value is -0.240. The summed E-state index contributed by atoms with van der Waals surface area (Å²) in [5.74, 6) is 0.0201. The number of hydrogen-bond donors (Lipinski definition) is 1. The highest BCUT2D eigenvalue weighted by molar-refractivity contribution is 6.13. The third kappa shape index (κ3) is 3.76. The predicted octanol–water partition coefficient (Wildman–Crippen LogP) is 1.15. The fourth-order valence-corrected chi connectivity index (χ4v) is 0. The number of halogens is 1. The molecule has 0 saturated heterocycles. The zero-order chi connectivity index (χ0) is 4.28. The zero-order valence-corrected chi connectivity index (χ0v) is 3.54. The molecule has 0 rings (SSSR count). The minimum Gasteiger partial charge on any atom is -0.371 e. The van der Waals surface area contributed by atoms with Gasteiger partial charge >= 0.3 is 0 Å². The Kier molecular flexibility index (Phi) is 1.93. The summed E-state index contributed by atoms with van der Waals surface area (Å²) in [7, 11) is 0. The number of nitrogens with one attached hydrogen (secondary N) is 1. The molecule has 0 bridgehead atoms. The fraction of sp³-hybridized carbons (Fsp3) is 0.500. The van der Waals surface area contributed by atoms with E-state index in [1.54, 1.807) is 0 Å². The van der Waals surface area contributed by atoms with E-state index in [1.807, 2.05) is 0 Å². The smallest absolute Gasteiger partial charge is 0.202 e. The maximum Gasteiger partial charge on any atom is 0.202 e. The lowest BCUT2D eigenvalue weighted by Crippen LogP contribution is -1.80. The van der Waals surface area contributed by atoms with Gasteiger partial charge in [-0.1, -0.05) is 0 Å². The average Bonchev–Trinajstić information content (AvgIpc) is 1.38. The van der Waals surface area contributed by atoms with E-state index in [1.165, 1.54) is 6.92 Å². The van der Waals surface area contributed by atoms with Crippen molar-refractivity contribution < 1.29 is 4.29 Å². The zero-order valence-electron chi connectivity index (χ0n) is 2.79.